The number of amides is 1. The Labute approximate surface area is 185 Å². The molecule has 1 saturated heterocycles. The van der Waals surface area contributed by atoms with Crippen molar-refractivity contribution in [1.82, 2.24) is 14.8 Å². The summed E-state index contributed by atoms with van der Waals surface area (Å²) < 4.78 is 23.9. The molecule has 1 amide bonds. The zero-order valence-electron chi connectivity index (χ0n) is 18.0. The number of oxazole rings is 1. The van der Waals surface area contributed by atoms with Crippen molar-refractivity contribution in [2.24, 2.45) is 0 Å². The molecule has 2 aromatic carbocycles. The molecule has 7 nitrogen and oxygen atoms in total. The van der Waals surface area contributed by atoms with Crippen LogP contribution < -0.4 is 0 Å². The highest BCUT2D eigenvalue weighted by Crippen LogP contribution is 2.24. The summed E-state index contributed by atoms with van der Waals surface area (Å²) in [4.78, 5) is 32.6. The minimum Gasteiger partial charge on any atom is -0.465 e. The topological polar surface area (TPSA) is 75.9 Å². The standard InChI is InChI=1S/C24H24FN3O4/c1-16-21(26-23(32-16)18-6-8-19(9-7-18)24(30)31-2)14-27-10-11-28(22(29)15-27)13-17-4-3-5-20(25)12-17/h3-9,12H,10-11,13-15H2,1-2H3. The molecule has 1 aliphatic heterocycles. The van der Waals surface area contributed by atoms with Crippen LogP contribution in [0.2, 0.25) is 0 Å². The molecule has 0 aliphatic carbocycles. The lowest BCUT2D eigenvalue weighted by atomic mass is 10.1. The number of aromatic nitrogens is 1. The molecule has 0 spiro atoms. The number of rotatable bonds is 6. The van der Waals surface area contributed by atoms with Gasteiger partial charge in [0.05, 0.1) is 24.9 Å². The van der Waals surface area contributed by atoms with Crippen LogP contribution in [0.15, 0.2) is 52.9 Å². The number of piperazine rings is 1. The van der Waals surface area contributed by atoms with Crippen LogP contribution in [0.25, 0.3) is 11.5 Å². The molecule has 1 aliphatic rings. The molecular weight excluding hydrogens is 413 g/mol. The van der Waals surface area contributed by atoms with Crippen molar-refractivity contribution in [3.8, 4) is 11.5 Å². The highest BCUT2D eigenvalue weighted by molar-refractivity contribution is 5.89. The predicted octanol–water partition coefficient (Wildman–Crippen LogP) is 3.42. The summed E-state index contributed by atoms with van der Waals surface area (Å²) in [5.74, 6) is 0.449. The first-order chi connectivity index (χ1) is 15.4. The summed E-state index contributed by atoms with van der Waals surface area (Å²) in [6.45, 7) is 4.26. The molecule has 2 heterocycles. The van der Waals surface area contributed by atoms with Gasteiger partial charge in [0.15, 0.2) is 0 Å². The van der Waals surface area contributed by atoms with Gasteiger partial charge in [-0.3, -0.25) is 9.69 Å². The second-order valence-electron chi connectivity index (χ2n) is 7.75. The fourth-order valence-electron chi connectivity index (χ4n) is 3.69. The fraction of sp³-hybridized carbons (Fsp3) is 0.292. The second-order valence-corrected chi connectivity index (χ2v) is 7.75. The molecule has 32 heavy (non-hydrogen) atoms. The van der Waals surface area contributed by atoms with E-state index in [9.17, 15) is 14.0 Å². The third-order valence-corrected chi connectivity index (χ3v) is 5.48. The van der Waals surface area contributed by atoms with E-state index in [0.29, 0.717) is 43.4 Å². The number of hydrogen-bond donors (Lipinski definition) is 0. The van der Waals surface area contributed by atoms with Crippen molar-refractivity contribution in [2.45, 2.75) is 20.0 Å². The van der Waals surface area contributed by atoms with Crippen LogP contribution >= 0.6 is 0 Å². The Hall–Kier alpha value is -3.52. The zero-order valence-corrected chi connectivity index (χ0v) is 18.0. The van der Waals surface area contributed by atoms with Crippen LogP contribution in [0.3, 0.4) is 0 Å². The van der Waals surface area contributed by atoms with Crippen molar-refractivity contribution in [2.75, 3.05) is 26.7 Å². The highest BCUT2D eigenvalue weighted by atomic mass is 19.1. The third kappa shape index (κ3) is 4.86. The van der Waals surface area contributed by atoms with E-state index in [1.54, 1.807) is 35.2 Å². The van der Waals surface area contributed by atoms with Gasteiger partial charge in [-0.25, -0.2) is 14.2 Å². The third-order valence-electron chi connectivity index (χ3n) is 5.48. The second kappa shape index (κ2) is 9.32. The molecule has 0 saturated carbocycles. The Bertz CT molecular complexity index is 1130. The molecule has 0 unspecified atom stereocenters. The van der Waals surface area contributed by atoms with Gasteiger partial charge < -0.3 is 14.1 Å². The monoisotopic (exact) mass is 437 g/mol. The van der Waals surface area contributed by atoms with Gasteiger partial charge in [-0.15, -0.1) is 0 Å². The summed E-state index contributed by atoms with van der Waals surface area (Å²) in [5.41, 5.74) is 2.75. The summed E-state index contributed by atoms with van der Waals surface area (Å²) in [6.07, 6.45) is 0. The van der Waals surface area contributed by atoms with Crippen molar-refractivity contribution in [1.29, 1.82) is 0 Å². The number of methoxy groups -OCH3 is 1. The normalized spacial score (nSPS) is 14.6. The Balaban J connectivity index is 1.38. The first-order valence-corrected chi connectivity index (χ1v) is 10.3. The lowest BCUT2D eigenvalue weighted by Crippen LogP contribution is -2.49. The first kappa shape index (κ1) is 21.7. The first-order valence-electron chi connectivity index (χ1n) is 10.3. The van der Waals surface area contributed by atoms with E-state index in [1.165, 1.54) is 19.2 Å². The molecular formula is C24H24FN3O4. The minimum atomic E-state index is -0.401. The van der Waals surface area contributed by atoms with Crippen molar-refractivity contribution in [3.05, 3.63) is 76.9 Å². The molecule has 3 aromatic rings. The summed E-state index contributed by atoms with van der Waals surface area (Å²) >= 11 is 0. The number of benzene rings is 2. The Kier molecular flexibility index (Phi) is 6.32. The van der Waals surface area contributed by atoms with Crippen LogP contribution in [0.4, 0.5) is 4.39 Å². The molecule has 0 N–H and O–H groups in total. The number of carbonyl (C=O) groups excluding carboxylic acids is 2. The molecule has 0 bridgehead atoms. The molecule has 166 valence electrons. The molecule has 1 aromatic heterocycles. The van der Waals surface area contributed by atoms with Gasteiger partial charge in [0.2, 0.25) is 11.8 Å². The number of halogens is 1. The van der Waals surface area contributed by atoms with Crippen molar-refractivity contribution < 1.29 is 23.1 Å². The van der Waals surface area contributed by atoms with Crippen LogP contribution in [-0.2, 0) is 22.6 Å². The van der Waals surface area contributed by atoms with Gasteiger partial charge in [-0.05, 0) is 48.9 Å². The van der Waals surface area contributed by atoms with E-state index in [4.69, 9.17) is 9.15 Å². The Morgan fingerprint density at radius 1 is 1.16 bits per heavy atom. The maximum Gasteiger partial charge on any atom is 0.337 e. The number of nitrogens with zero attached hydrogens (tertiary/aromatic N) is 3. The summed E-state index contributed by atoms with van der Waals surface area (Å²) in [6, 6.07) is 13.2. The molecule has 1 fully saturated rings. The number of ether oxygens (including phenoxy) is 1. The molecule has 0 atom stereocenters. The van der Waals surface area contributed by atoms with E-state index in [2.05, 4.69) is 4.98 Å². The molecule has 8 heteroatoms. The Morgan fingerprint density at radius 3 is 2.62 bits per heavy atom. The van der Waals surface area contributed by atoms with Gasteiger partial charge in [0.1, 0.15) is 11.6 Å². The number of aryl methyl sites for hydroxylation is 1. The molecule has 0 radical (unpaired) electrons. The van der Waals surface area contributed by atoms with Gasteiger partial charge in [0.25, 0.3) is 0 Å². The fourth-order valence-corrected chi connectivity index (χ4v) is 3.69. The lowest BCUT2D eigenvalue weighted by Gasteiger charge is -2.34. The predicted molar refractivity (Wildman–Crippen MR) is 115 cm³/mol. The lowest BCUT2D eigenvalue weighted by molar-refractivity contribution is -0.136. The summed E-state index contributed by atoms with van der Waals surface area (Å²) in [5, 5.41) is 0. The van der Waals surface area contributed by atoms with E-state index < -0.39 is 5.97 Å². The van der Waals surface area contributed by atoms with Crippen LogP contribution in [-0.4, -0.2) is 53.4 Å². The number of carbonyl (C=O) groups is 2. The Morgan fingerprint density at radius 2 is 1.94 bits per heavy atom. The maximum absolute atomic E-state index is 13.4. The van der Waals surface area contributed by atoms with E-state index in [1.807, 2.05) is 17.9 Å². The van der Waals surface area contributed by atoms with Crippen LogP contribution in [0, 0.1) is 12.7 Å². The minimum absolute atomic E-state index is 0.000261. The smallest absolute Gasteiger partial charge is 0.337 e. The van der Waals surface area contributed by atoms with Crippen molar-refractivity contribution in [3.63, 3.8) is 0 Å². The SMILES string of the molecule is COC(=O)c1ccc(-c2nc(CN3CCN(Cc4cccc(F)c4)C(=O)C3)c(C)o2)cc1. The van der Waals surface area contributed by atoms with Crippen LogP contribution in [0.5, 0.6) is 0 Å². The zero-order chi connectivity index (χ0) is 22.7. The average Bonchev–Trinajstić information content (AvgIpc) is 3.15. The van der Waals surface area contributed by atoms with E-state index in [0.717, 1.165) is 16.8 Å². The van der Waals surface area contributed by atoms with Gasteiger partial charge in [-0.2, -0.15) is 0 Å². The number of esters is 1. The van der Waals surface area contributed by atoms with Crippen LogP contribution in [0.1, 0.15) is 27.4 Å². The van der Waals surface area contributed by atoms with Gasteiger partial charge in [-0.1, -0.05) is 12.1 Å². The maximum atomic E-state index is 13.4. The van der Waals surface area contributed by atoms with E-state index in [-0.39, 0.29) is 18.3 Å². The highest BCUT2D eigenvalue weighted by Gasteiger charge is 2.25. The largest absolute Gasteiger partial charge is 0.465 e. The van der Waals surface area contributed by atoms with Gasteiger partial charge >= 0.3 is 5.97 Å². The average molecular weight is 437 g/mol. The van der Waals surface area contributed by atoms with Gasteiger partial charge in [0, 0.05) is 31.7 Å². The van der Waals surface area contributed by atoms with Crippen molar-refractivity contribution >= 4 is 11.9 Å². The van der Waals surface area contributed by atoms with E-state index >= 15 is 0 Å². The quantitative estimate of drug-likeness (QED) is 0.550. The number of hydrogen-bond acceptors (Lipinski definition) is 6. The molecule has 4 rings (SSSR count). The summed E-state index contributed by atoms with van der Waals surface area (Å²) in [7, 11) is 1.34.